The number of ether oxygens (including phenoxy) is 1. The van der Waals surface area contributed by atoms with Gasteiger partial charge in [0.2, 0.25) is 5.91 Å². The van der Waals surface area contributed by atoms with Crippen LogP contribution in [-0.2, 0) is 16.1 Å². The van der Waals surface area contributed by atoms with E-state index in [9.17, 15) is 14.4 Å². The van der Waals surface area contributed by atoms with E-state index in [4.69, 9.17) is 4.74 Å². The summed E-state index contributed by atoms with van der Waals surface area (Å²) in [6.07, 6.45) is 5.79. The van der Waals surface area contributed by atoms with Crippen LogP contribution in [0.15, 0.2) is 24.3 Å². The highest BCUT2D eigenvalue weighted by molar-refractivity contribution is 5.89. The number of hydrogen-bond donors (Lipinski definition) is 3. The van der Waals surface area contributed by atoms with E-state index < -0.39 is 5.60 Å². The zero-order valence-corrected chi connectivity index (χ0v) is 17.7. The minimum absolute atomic E-state index is 0.161. The van der Waals surface area contributed by atoms with Gasteiger partial charge in [-0.05, 0) is 51.3 Å². The second kappa shape index (κ2) is 10.8. The van der Waals surface area contributed by atoms with E-state index in [1.165, 1.54) is 6.42 Å². The molecule has 1 aromatic carbocycles. The molecule has 0 spiro atoms. The van der Waals surface area contributed by atoms with Crippen LogP contribution in [0.25, 0.3) is 0 Å². The van der Waals surface area contributed by atoms with Crippen LogP contribution in [0.2, 0.25) is 0 Å². The molecule has 1 fully saturated rings. The van der Waals surface area contributed by atoms with Gasteiger partial charge < -0.3 is 20.7 Å². The first kappa shape index (κ1) is 22.7. The molecule has 0 radical (unpaired) electrons. The highest BCUT2D eigenvalue weighted by atomic mass is 16.6. The summed E-state index contributed by atoms with van der Waals surface area (Å²) in [5.41, 5.74) is 0.704. The molecule has 0 aromatic heterocycles. The van der Waals surface area contributed by atoms with Crippen molar-refractivity contribution in [3.05, 3.63) is 35.4 Å². The fourth-order valence-corrected chi connectivity index (χ4v) is 3.21. The highest BCUT2D eigenvalue weighted by Gasteiger charge is 2.18. The molecule has 0 bridgehead atoms. The Labute approximate surface area is 173 Å². The van der Waals surface area contributed by atoms with Gasteiger partial charge in [0.05, 0.1) is 5.56 Å². The lowest BCUT2D eigenvalue weighted by atomic mass is 9.96. The molecular weight excluding hydrogens is 370 g/mol. The summed E-state index contributed by atoms with van der Waals surface area (Å²) < 4.78 is 5.36. The van der Waals surface area contributed by atoms with Crippen LogP contribution in [0.4, 0.5) is 4.79 Å². The average molecular weight is 404 g/mol. The molecule has 1 aromatic rings. The predicted molar refractivity (Wildman–Crippen MR) is 111 cm³/mol. The monoisotopic (exact) mass is 403 g/mol. The number of benzene rings is 1. The SMILES string of the molecule is CC(C)(C)OC(=O)c1cccc(CNC(=O)CCNC(=O)NC2CCCCC2)c1. The zero-order chi connectivity index (χ0) is 21.3. The van der Waals surface area contributed by atoms with E-state index in [2.05, 4.69) is 16.0 Å². The molecule has 160 valence electrons. The van der Waals surface area contributed by atoms with Crippen LogP contribution in [0, 0.1) is 0 Å². The standard InChI is InChI=1S/C22H33N3O4/c1-22(2,3)29-20(27)17-9-7-8-16(14-17)15-24-19(26)12-13-23-21(28)25-18-10-5-4-6-11-18/h7-9,14,18H,4-6,10-13,15H2,1-3H3,(H,24,26)(H2,23,25,28). The van der Waals surface area contributed by atoms with Gasteiger partial charge in [-0.2, -0.15) is 0 Å². The molecule has 1 aliphatic rings. The molecule has 3 amide bonds. The molecule has 0 aliphatic heterocycles. The first-order valence-corrected chi connectivity index (χ1v) is 10.4. The smallest absolute Gasteiger partial charge is 0.338 e. The Morgan fingerprint density at radius 1 is 1.07 bits per heavy atom. The summed E-state index contributed by atoms with van der Waals surface area (Å²) in [6.45, 7) is 6.04. The van der Waals surface area contributed by atoms with Crippen LogP contribution in [-0.4, -0.2) is 36.1 Å². The molecule has 1 saturated carbocycles. The molecule has 7 nitrogen and oxygen atoms in total. The number of nitrogens with one attached hydrogen (secondary N) is 3. The third-order valence-electron chi connectivity index (χ3n) is 4.63. The molecule has 0 heterocycles. The lowest BCUT2D eigenvalue weighted by molar-refractivity contribution is -0.121. The van der Waals surface area contributed by atoms with Crippen molar-refractivity contribution in [3.63, 3.8) is 0 Å². The van der Waals surface area contributed by atoms with Gasteiger partial charge in [-0.1, -0.05) is 31.4 Å². The van der Waals surface area contributed by atoms with Crippen molar-refractivity contribution >= 4 is 17.9 Å². The predicted octanol–water partition coefficient (Wildman–Crippen LogP) is 3.28. The van der Waals surface area contributed by atoms with Crippen molar-refractivity contribution in [2.24, 2.45) is 0 Å². The zero-order valence-electron chi connectivity index (χ0n) is 17.7. The average Bonchev–Trinajstić information content (AvgIpc) is 2.66. The van der Waals surface area contributed by atoms with Crippen molar-refractivity contribution in [2.45, 2.75) is 77.5 Å². The van der Waals surface area contributed by atoms with E-state index in [0.29, 0.717) is 12.1 Å². The van der Waals surface area contributed by atoms with Gasteiger partial charge in [0.25, 0.3) is 0 Å². The molecule has 29 heavy (non-hydrogen) atoms. The Kier molecular flexibility index (Phi) is 8.49. The number of carbonyl (C=O) groups is 3. The summed E-state index contributed by atoms with van der Waals surface area (Å²) in [4.78, 5) is 36.0. The molecule has 0 atom stereocenters. The minimum atomic E-state index is -0.558. The maximum Gasteiger partial charge on any atom is 0.338 e. The van der Waals surface area contributed by atoms with Crippen LogP contribution < -0.4 is 16.0 Å². The maximum atomic E-state index is 12.1. The van der Waals surface area contributed by atoms with Gasteiger partial charge in [0, 0.05) is 25.6 Å². The molecule has 3 N–H and O–H groups in total. The molecular formula is C22H33N3O4. The van der Waals surface area contributed by atoms with Gasteiger partial charge >= 0.3 is 12.0 Å². The second-order valence-corrected chi connectivity index (χ2v) is 8.46. The van der Waals surface area contributed by atoms with Gasteiger partial charge in [-0.15, -0.1) is 0 Å². The maximum absolute atomic E-state index is 12.1. The molecule has 0 saturated heterocycles. The fraction of sp³-hybridized carbons (Fsp3) is 0.591. The van der Waals surface area contributed by atoms with Gasteiger partial charge in [0.15, 0.2) is 0 Å². The van der Waals surface area contributed by atoms with Crippen LogP contribution in [0.5, 0.6) is 0 Å². The number of amides is 3. The van der Waals surface area contributed by atoms with E-state index in [1.807, 2.05) is 26.8 Å². The van der Waals surface area contributed by atoms with E-state index in [0.717, 1.165) is 31.2 Å². The Bertz CT molecular complexity index is 706. The summed E-state index contributed by atoms with van der Waals surface area (Å²) in [6, 6.07) is 7.03. The lowest BCUT2D eigenvalue weighted by Gasteiger charge is -2.22. The van der Waals surface area contributed by atoms with Crippen molar-refractivity contribution in [1.82, 2.24) is 16.0 Å². The van der Waals surface area contributed by atoms with E-state index in [-0.39, 0.29) is 36.9 Å². The Hall–Kier alpha value is -2.57. The fourth-order valence-electron chi connectivity index (χ4n) is 3.21. The van der Waals surface area contributed by atoms with Crippen molar-refractivity contribution < 1.29 is 19.1 Å². The number of rotatable bonds is 7. The van der Waals surface area contributed by atoms with E-state index in [1.54, 1.807) is 18.2 Å². The normalized spacial score (nSPS) is 14.7. The Balaban J connectivity index is 1.68. The van der Waals surface area contributed by atoms with E-state index >= 15 is 0 Å². The number of hydrogen-bond acceptors (Lipinski definition) is 4. The van der Waals surface area contributed by atoms with Crippen molar-refractivity contribution in [1.29, 1.82) is 0 Å². The van der Waals surface area contributed by atoms with Crippen molar-refractivity contribution in [2.75, 3.05) is 6.54 Å². The second-order valence-electron chi connectivity index (χ2n) is 8.46. The lowest BCUT2D eigenvalue weighted by Crippen LogP contribution is -2.43. The highest BCUT2D eigenvalue weighted by Crippen LogP contribution is 2.17. The quantitative estimate of drug-likeness (QED) is 0.609. The molecule has 1 aliphatic carbocycles. The van der Waals surface area contributed by atoms with Crippen LogP contribution >= 0.6 is 0 Å². The third kappa shape index (κ3) is 8.98. The van der Waals surface area contributed by atoms with Crippen LogP contribution in [0.3, 0.4) is 0 Å². The topological polar surface area (TPSA) is 96.5 Å². The van der Waals surface area contributed by atoms with Gasteiger partial charge in [-0.3, -0.25) is 4.79 Å². The minimum Gasteiger partial charge on any atom is -0.456 e. The number of carbonyl (C=O) groups excluding carboxylic acids is 3. The van der Waals surface area contributed by atoms with Crippen molar-refractivity contribution in [3.8, 4) is 0 Å². The van der Waals surface area contributed by atoms with Gasteiger partial charge in [0.1, 0.15) is 5.60 Å². The number of urea groups is 1. The summed E-state index contributed by atoms with van der Waals surface area (Å²) in [5, 5.41) is 8.50. The summed E-state index contributed by atoms with van der Waals surface area (Å²) in [7, 11) is 0. The molecule has 7 heteroatoms. The third-order valence-corrected chi connectivity index (χ3v) is 4.63. The number of esters is 1. The van der Waals surface area contributed by atoms with Gasteiger partial charge in [-0.25, -0.2) is 9.59 Å². The first-order valence-electron chi connectivity index (χ1n) is 10.4. The summed E-state index contributed by atoms with van der Waals surface area (Å²) in [5.74, 6) is -0.551. The Morgan fingerprint density at radius 2 is 1.79 bits per heavy atom. The molecule has 0 unspecified atom stereocenters. The summed E-state index contributed by atoms with van der Waals surface area (Å²) >= 11 is 0. The first-order chi connectivity index (χ1) is 13.7. The van der Waals surface area contributed by atoms with Crippen LogP contribution in [0.1, 0.15) is 75.2 Å². The Morgan fingerprint density at radius 3 is 2.48 bits per heavy atom. The largest absolute Gasteiger partial charge is 0.456 e. The molecule has 2 rings (SSSR count).